The van der Waals surface area contributed by atoms with Gasteiger partial charge in [0.25, 0.3) is 5.56 Å². The van der Waals surface area contributed by atoms with Gasteiger partial charge in [-0.15, -0.1) is 0 Å². The molecule has 0 saturated carbocycles. The van der Waals surface area contributed by atoms with Gasteiger partial charge in [0.1, 0.15) is 0 Å². The molecule has 0 atom stereocenters. The van der Waals surface area contributed by atoms with Gasteiger partial charge >= 0.3 is 0 Å². The molecule has 0 aliphatic rings. The fraction of sp³-hybridized carbons (Fsp3) is 0.278. The summed E-state index contributed by atoms with van der Waals surface area (Å²) in [5, 5.41) is 0. The minimum atomic E-state index is -0.400. The number of hydrogen-bond acceptors (Lipinski definition) is 2. The van der Waals surface area contributed by atoms with Crippen molar-refractivity contribution in [3.05, 3.63) is 69.6 Å². The summed E-state index contributed by atoms with van der Waals surface area (Å²) >= 11 is 0. The molecule has 3 heteroatoms. The largest absolute Gasteiger partial charge is 0.324 e. The molecule has 0 radical (unpaired) electrons. The van der Waals surface area contributed by atoms with Crippen LogP contribution in [0.2, 0.25) is 0 Å². The van der Waals surface area contributed by atoms with Gasteiger partial charge in [0, 0.05) is 24.3 Å². The first-order valence-corrected chi connectivity index (χ1v) is 7.08. The average molecular weight is 282 g/mol. The number of aryl methyl sites for hydroxylation is 1. The van der Waals surface area contributed by atoms with Gasteiger partial charge in [-0.1, -0.05) is 42.0 Å². The minimum absolute atomic E-state index is 0.0279. The Balaban J connectivity index is 2.19. The number of aromatic nitrogens is 1. The van der Waals surface area contributed by atoms with Crippen molar-refractivity contribution in [1.82, 2.24) is 4.57 Å². The van der Waals surface area contributed by atoms with Crippen LogP contribution in [0.5, 0.6) is 0 Å². The van der Waals surface area contributed by atoms with Gasteiger partial charge in [0.2, 0.25) is 0 Å². The second-order valence-electron chi connectivity index (χ2n) is 6.16. The minimum Gasteiger partial charge on any atom is -0.324 e. The van der Waals surface area contributed by atoms with Crippen LogP contribution in [0.3, 0.4) is 0 Å². The molecule has 3 nitrogen and oxygen atoms in total. The Hall–Kier alpha value is -2.13. The van der Waals surface area contributed by atoms with Gasteiger partial charge in [-0.05, 0) is 38.0 Å². The van der Waals surface area contributed by atoms with Crippen LogP contribution in [-0.4, -0.2) is 10.1 Å². The summed E-state index contributed by atoms with van der Waals surface area (Å²) in [6, 6.07) is 11.8. The molecule has 110 valence electrons. The van der Waals surface area contributed by atoms with Crippen LogP contribution in [0.4, 0.5) is 0 Å². The maximum absolute atomic E-state index is 12.1. The van der Waals surface area contributed by atoms with Crippen LogP contribution >= 0.6 is 0 Å². The Kier molecular flexibility index (Phi) is 4.43. The topological polar surface area (TPSA) is 48.0 Å². The molecule has 1 aromatic heterocycles. The van der Waals surface area contributed by atoms with E-state index in [1.54, 1.807) is 16.8 Å². The number of benzene rings is 1. The van der Waals surface area contributed by atoms with E-state index >= 15 is 0 Å². The predicted molar refractivity (Wildman–Crippen MR) is 89.1 cm³/mol. The maximum Gasteiger partial charge on any atom is 0.251 e. The van der Waals surface area contributed by atoms with Crippen molar-refractivity contribution in [1.29, 1.82) is 0 Å². The highest BCUT2D eigenvalue weighted by Gasteiger charge is 2.11. The van der Waals surface area contributed by atoms with Gasteiger partial charge in [0.05, 0.1) is 0 Å². The molecule has 0 fully saturated rings. The number of rotatable bonds is 4. The third kappa shape index (κ3) is 4.72. The van der Waals surface area contributed by atoms with Crippen molar-refractivity contribution in [2.24, 2.45) is 5.73 Å². The average Bonchev–Trinajstić information content (AvgIpc) is 2.38. The van der Waals surface area contributed by atoms with E-state index < -0.39 is 5.54 Å². The summed E-state index contributed by atoms with van der Waals surface area (Å²) in [5.74, 6) is 0. The Morgan fingerprint density at radius 1 is 1.14 bits per heavy atom. The van der Waals surface area contributed by atoms with E-state index in [4.69, 9.17) is 5.73 Å². The van der Waals surface area contributed by atoms with Gasteiger partial charge in [-0.2, -0.15) is 0 Å². The first-order valence-electron chi connectivity index (χ1n) is 7.08. The molecule has 0 aliphatic carbocycles. The second-order valence-corrected chi connectivity index (χ2v) is 6.16. The third-order valence-corrected chi connectivity index (χ3v) is 3.11. The molecule has 0 aliphatic heterocycles. The molecular weight excluding hydrogens is 260 g/mol. The monoisotopic (exact) mass is 282 g/mol. The summed E-state index contributed by atoms with van der Waals surface area (Å²) in [6.07, 6.45) is 5.76. The predicted octanol–water partition coefficient (Wildman–Crippen LogP) is 3.06. The number of hydrogen-bond donors (Lipinski definition) is 1. The van der Waals surface area contributed by atoms with E-state index in [1.165, 1.54) is 5.56 Å². The van der Waals surface area contributed by atoms with E-state index in [2.05, 4.69) is 19.1 Å². The summed E-state index contributed by atoms with van der Waals surface area (Å²) in [4.78, 5) is 12.1. The Morgan fingerprint density at radius 3 is 2.38 bits per heavy atom. The first-order chi connectivity index (χ1) is 9.83. The smallest absolute Gasteiger partial charge is 0.251 e. The molecular formula is C18H22N2O. The Labute approximate surface area is 125 Å². The van der Waals surface area contributed by atoms with Crippen LogP contribution in [0.25, 0.3) is 12.2 Å². The highest BCUT2D eigenvalue weighted by Crippen LogP contribution is 2.09. The molecule has 2 aromatic rings. The first kappa shape index (κ1) is 15.3. The molecule has 0 amide bonds. The van der Waals surface area contributed by atoms with Crippen molar-refractivity contribution < 1.29 is 0 Å². The molecule has 2 rings (SSSR count). The lowest BCUT2D eigenvalue weighted by Crippen LogP contribution is -2.40. The normalized spacial score (nSPS) is 12.0. The highest BCUT2D eigenvalue weighted by atomic mass is 16.1. The Morgan fingerprint density at radius 2 is 1.81 bits per heavy atom. The Bertz CT molecular complexity index is 706. The van der Waals surface area contributed by atoms with Gasteiger partial charge in [-0.25, -0.2) is 0 Å². The van der Waals surface area contributed by atoms with E-state index in [0.29, 0.717) is 6.54 Å². The molecule has 21 heavy (non-hydrogen) atoms. The molecule has 0 spiro atoms. The zero-order valence-electron chi connectivity index (χ0n) is 12.8. The van der Waals surface area contributed by atoms with Gasteiger partial charge in [0.15, 0.2) is 0 Å². The van der Waals surface area contributed by atoms with Gasteiger partial charge < -0.3 is 10.3 Å². The molecule has 0 bridgehead atoms. The standard InChI is InChI=1S/C18H22N2O/c1-14-5-4-6-15(11-14)7-8-16-9-10-20(17(21)12-16)13-18(2,3)19/h4-12H,13,19H2,1-3H3/b8-7+. The van der Waals surface area contributed by atoms with Gasteiger partial charge in [-0.3, -0.25) is 4.79 Å². The maximum atomic E-state index is 12.1. The van der Waals surface area contributed by atoms with Crippen LogP contribution in [0, 0.1) is 6.92 Å². The van der Waals surface area contributed by atoms with E-state index in [0.717, 1.165) is 11.1 Å². The molecule has 0 saturated heterocycles. The third-order valence-electron chi connectivity index (χ3n) is 3.11. The summed E-state index contributed by atoms with van der Waals surface area (Å²) < 4.78 is 1.64. The number of nitrogens with zero attached hydrogens (tertiary/aromatic N) is 1. The number of pyridine rings is 1. The quantitative estimate of drug-likeness (QED) is 0.937. The zero-order chi connectivity index (χ0) is 15.5. The van der Waals surface area contributed by atoms with Crippen molar-refractivity contribution in [3.63, 3.8) is 0 Å². The van der Waals surface area contributed by atoms with Crippen molar-refractivity contribution in [2.75, 3.05) is 0 Å². The SMILES string of the molecule is Cc1cccc(/C=C/c2ccn(CC(C)(C)N)c(=O)c2)c1. The molecule has 0 unspecified atom stereocenters. The number of nitrogens with two attached hydrogens (primary N) is 1. The summed E-state index contributed by atoms with van der Waals surface area (Å²) in [7, 11) is 0. The summed E-state index contributed by atoms with van der Waals surface area (Å²) in [5.41, 5.74) is 8.76. The van der Waals surface area contributed by atoms with Crippen LogP contribution < -0.4 is 11.3 Å². The van der Waals surface area contributed by atoms with Crippen molar-refractivity contribution in [2.45, 2.75) is 32.9 Å². The van der Waals surface area contributed by atoms with E-state index in [9.17, 15) is 4.79 Å². The lowest BCUT2D eigenvalue weighted by molar-refractivity contribution is 0.426. The van der Waals surface area contributed by atoms with Crippen LogP contribution in [0.1, 0.15) is 30.5 Å². The zero-order valence-corrected chi connectivity index (χ0v) is 12.8. The molecule has 1 aromatic carbocycles. The lowest BCUT2D eigenvalue weighted by Gasteiger charge is -2.19. The highest BCUT2D eigenvalue weighted by molar-refractivity contribution is 5.69. The fourth-order valence-corrected chi connectivity index (χ4v) is 2.16. The van der Waals surface area contributed by atoms with Crippen LogP contribution in [-0.2, 0) is 6.54 Å². The molecule has 1 heterocycles. The van der Waals surface area contributed by atoms with Crippen molar-refractivity contribution >= 4 is 12.2 Å². The summed E-state index contributed by atoms with van der Waals surface area (Å²) in [6.45, 7) is 6.39. The second kappa shape index (κ2) is 6.10. The molecule has 2 N–H and O–H groups in total. The van der Waals surface area contributed by atoms with Crippen molar-refractivity contribution in [3.8, 4) is 0 Å². The lowest BCUT2D eigenvalue weighted by atomic mass is 10.1. The van der Waals surface area contributed by atoms with Crippen LogP contribution in [0.15, 0.2) is 47.4 Å². The fourth-order valence-electron chi connectivity index (χ4n) is 2.16. The van der Waals surface area contributed by atoms with E-state index in [-0.39, 0.29) is 5.56 Å². The van der Waals surface area contributed by atoms with E-state index in [1.807, 2.05) is 44.2 Å².